The summed E-state index contributed by atoms with van der Waals surface area (Å²) in [5.41, 5.74) is 1.00. The SMILES string of the molecule is COc1ccc(OC)c(C(O)CNc2ccc(-n3ncc(Cl)c(Cl)c3=O)cc2Cl)c1. The Morgan fingerprint density at radius 3 is 2.53 bits per heavy atom. The summed E-state index contributed by atoms with van der Waals surface area (Å²) in [7, 11) is 3.08. The predicted octanol–water partition coefficient (Wildman–Crippen LogP) is 4.36. The lowest BCUT2D eigenvalue weighted by Crippen LogP contribution is -2.21. The van der Waals surface area contributed by atoms with Gasteiger partial charge in [-0.3, -0.25) is 4.79 Å². The van der Waals surface area contributed by atoms with E-state index in [0.29, 0.717) is 33.5 Å². The van der Waals surface area contributed by atoms with E-state index in [1.807, 2.05) is 0 Å². The molecule has 0 saturated carbocycles. The first-order valence-corrected chi connectivity index (χ1v) is 9.86. The van der Waals surface area contributed by atoms with Crippen LogP contribution in [-0.4, -0.2) is 35.7 Å². The number of aliphatic hydroxyl groups is 1. The third kappa shape index (κ3) is 4.65. The van der Waals surface area contributed by atoms with Crippen LogP contribution in [0.4, 0.5) is 5.69 Å². The number of rotatable bonds is 7. The zero-order valence-electron chi connectivity index (χ0n) is 16.0. The van der Waals surface area contributed by atoms with Gasteiger partial charge in [-0.15, -0.1) is 0 Å². The van der Waals surface area contributed by atoms with Gasteiger partial charge >= 0.3 is 0 Å². The maximum Gasteiger partial charge on any atom is 0.291 e. The van der Waals surface area contributed by atoms with Crippen LogP contribution in [-0.2, 0) is 0 Å². The molecule has 10 heteroatoms. The number of aliphatic hydroxyl groups excluding tert-OH is 1. The lowest BCUT2D eigenvalue weighted by molar-refractivity contribution is 0.186. The molecule has 0 aliphatic carbocycles. The second-order valence-electron chi connectivity index (χ2n) is 6.19. The Hall–Kier alpha value is -2.45. The average Bonchev–Trinajstić information content (AvgIpc) is 2.76. The molecule has 0 amide bonds. The van der Waals surface area contributed by atoms with Crippen molar-refractivity contribution in [2.75, 3.05) is 26.1 Å². The van der Waals surface area contributed by atoms with E-state index in [1.165, 1.54) is 13.3 Å². The summed E-state index contributed by atoms with van der Waals surface area (Å²) in [6.07, 6.45) is 0.397. The molecule has 0 aliphatic heterocycles. The number of halogens is 3. The third-order valence-electron chi connectivity index (χ3n) is 4.36. The fourth-order valence-corrected chi connectivity index (χ4v) is 3.29. The number of nitrogens with zero attached hydrogens (tertiary/aromatic N) is 2. The molecule has 0 radical (unpaired) electrons. The van der Waals surface area contributed by atoms with Crippen LogP contribution in [0.25, 0.3) is 5.69 Å². The van der Waals surface area contributed by atoms with E-state index in [0.717, 1.165) is 4.68 Å². The number of hydrogen-bond acceptors (Lipinski definition) is 6. The second kappa shape index (κ2) is 9.57. The molecule has 0 saturated heterocycles. The predicted molar refractivity (Wildman–Crippen MR) is 118 cm³/mol. The van der Waals surface area contributed by atoms with Crippen LogP contribution < -0.4 is 20.3 Å². The number of ether oxygens (including phenoxy) is 2. The maximum atomic E-state index is 12.2. The third-order valence-corrected chi connectivity index (χ3v) is 5.42. The van der Waals surface area contributed by atoms with Gasteiger partial charge in [0.1, 0.15) is 16.5 Å². The molecule has 0 aliphatic rings. The van der Waals surface area contributed by atoms with Gasteiger partial charge in [0.05, 0.1) is 47.9 Å². The highest BCUT2D eigenvalue weighted by Gasteiger charge is 2.16. The maximum absolute atomic E-state index is 12.2. The molecule has 2 aromatic carbocycles. The van der Waals surface area contributed by atoms with Gasteiger partial charge < -0.3 is 19.9 Å². The molecule has 0 bridgehead atoms. The number of anilines is 1. The van der Waals surface area contributed by atoms with Crippen LogP contribution in [0.1, 0.15) is 11.7 Å². The van der Waals surface area contributed by atoms with Crippen molar-refractivity contribution in [3.8, 4) is 17.2 Å². The van der Waals surface area contributed by atoms with Crippen molar-refractivity contribution in [2.24, 2.45) is 0 Å². The van der Waals surface area contributed by atoms with E-state index in [4.69, 9.17) is 44.3 Å². The van der Waals surface area contributed by atoms with Gasteiger partial charge in [0, 0.05) is 12.1 Å². The molecule has 1 atom stereocenters. The molecule has 0 spiro atoms. The van der Waals surface area contributed by atoms with Crippen LogP contribution in [0, 0.1) is 0 Å². The number of aromatic nitrogens is 2. The Morgan fingerprint density at radius 2 is 1.87 bits per heavy atom. The Morgan fingerprint density at radius 1 is 1.10 bits per heavy atom. The van der Waals surface area contributed by atoms with Gasteiger partial charge in [-0.2, -0.15) is 9.78 Å². The Balaban J connectivity index is 1.79. The fourth-order valence-electron chi connectivity index (χ4n) is 2.79. The number of benzene rings is 2. The number of nitrogens with one attached hydrogen (secondary N) is 1. The highest BCUT2D eigenvalue weighted by Crippen LogP contribution is 2.31. The van der Waals surface area contributed by atoms with Crippen LogP contribution >= 0.6 is 34.8 Å². The zero-order valence-corrected chi connectivity index (χ0v) is 18.3. The first-order chi connectivity index (χ1) is 14.3. The van der Waals surface area contributed by atoms with Crippen molar-refractivity contribution < 1.29 is 14.6 Å². The fraction of sp³-hybridized carbons (Fsp3) is 0.200. The highest BCUT2D eigenvalue weighted by atomic mass is 35.5. The van der Waals surface area contributed by atoms with E-state index in [2.05, 4.69) is 10.4 Å². The van der Waals surface area contributed by atoms with Crippen molar-refractivity contribution in [3.63, 3.8) is 0 Å². The van der Waals surface area contributed by atoms with Crippen molar-refractivity contribution in [1.82, 2.24) is 9.78 Å². The van der Waals surface area contributed by atoms with Crippen molar-refractivity contribution in [1.29, 1.82) is 0 Å². The van der Waals surface area contributed by atoms with Crippen LogP contribution in [0.15, 0.2) is 47.4 Å². The topological polar surface area (TPSA) is 85.6 Å². The molecule has 2 N–H and O–H groups in total. The van der Waals surface area contributed by atoms with Crippen molar-refractivity contribution in [3.05, 3.63) is 73.6 Å². The average molecular weight is 471 g/mol. The lowest BCUT2D eigenvalue weighted by Gasteiger charge is -2.18. The standard InChI is InChI=1S/C20H18Cl3N3O4/c1-29-12-4-6-18(30-2)13(8-12)17(27)10-24-16-5-3-11(7-14(16)21)26-20(28)19(23)15(22)9-25-26/h3-9,17,24,27H,10H2,1-2H3. The molecule has 1 unspecified atom stereocenters. The van der Waals surface area contributed by atoms with Crippen LogP contribution in [0.5, 0.6) is 11.5 Å². The normalized spacial score (nSPS) is 11.8. The van der Waals surface area contributed by atoms with E-state index in [-0.39, 0.29) is 16.6 Å². The van der Waals surface area contributed by atoms with Crippen molar-refractivity contribution >= 4 is 40.5 Å². The van der Waals surface area contributed by atoms with Gasteiger partial charge in [0.2, 0.25) is 0 Å². The monoisotopic (exact) mass is 469 g/mol. The number of methoxy groups -OCH3 is 2. The molecule has 158 valence electrons. The van der Waals surface area contributed by atoms with Crippen LogP contribution in [0.2, 0.25) is 15.1 Å². The summed E-state index contributed by atoms with van der Waals surface area (Å²) in [5, 5.41) is 17.9. The first-order valence-electron chi connectivity index (χ1n) is 8.72. The van der Waals surface area contributed by atoms with Gasteiger partial charge in [0.25, 0.3) is 5.56 Å². The minimum Gasteiger partial charge on any atom is -0.497 e. The molecular formula is C20H18Cl3N3O4. The quantitative estimate of drug-likeness (QED) is 0.534. The molecule has 1 aromatic heterocycles. The summed E-state index contributed by atoms with van der Waals surface area (Å²) in [6, 6.07) is 10.0. The van der Waals surface area contributed by atoms with Crippen LogP contribution in [0.3, 0.4) is 0 Å². The zero-order chi connectivity index (χ0) is 21.8. The summed E-state index contributed by atoms with van der Waals surface area (Å²) >= 11 is 18.1. The summed E-state index contributed by atoms with van der Waals surface area (Å²) in [4.78, 5) is 12.2. The van der Waals surface area contributed by atoms with Gasteiger partial charge in [0.15, 0.2) is 0 Å². The van der Waals surface area contributed by atoms with E-state index in [1.54, 1.807) is 43.5 Å². The van der Waals surface area contributed by atoms with E-state index < -0.39 is 11.7 Å². The van der Waals surface area contributed by atoms with Gasteiger partial charge in [-0.25, -0.2) is 0 Å². The molecular weight excluding hydrogens is 453 g/mol. The highest BCUT2D eigenvalue weighted by molar-refractivity contribution is 6.41. The Bertz CT molecular complexity index is 1120. The summed E-state index contributed by atoms with van der Waals surface area (Å²) < 4.78 is 11.6. The molecule has 30 heavy (non-hydrogen) atoms. The van der Waals surface area contributed by atoms with E-state index >= 15 is 0 Å². The summed E-state index contributed by atoms with van der Waals surface area (Å²) in [6.45, 7) is 0.160. The molecule has 1 heterocycles. The molecule has 7 nitrogen and oxygen atoms in total. The molecule has 0 fully saturated rings. The minimum atomic E-state index is -0.884. The number of hydrogen-bond donors (Lipinski definition) is 2. The Kier molecular flexibility index (Phi) is 7.10. The largest absolute Gasteiger partial charge is 0.497 e. The molecule has 3 rings (SSSR count). The Labute approximate surface area is 187 Å². The smallest absolute Gasteiger partial charge is 0.291 e. The van der Waals surface area contributed by atoms with Gasteiger partial charge in [-0.05, 0) is 36.4 Å². The lowest BCUT2D eigenvalue weighted by atomic mass is 10.1. The summed E-state index contributed by atoms with van der Waals surface area (Å²) in [5.74, 6) is 1.14. The first kappa shape index (κ1) is 22.2. The second-order valence-corrected chi connectivity index (χ2v) is 7.38. The van der Waals surface area contributed by atoms with Crippen molar-refractivity contribution in [2.45, 2.75) is 6.10 Å². The minimum absolute atomic E-state index is 0.0734. The van der Waals surface area contributed by atoms with Gasteiger partial charge in [-0.1, -0.05) is 34.8 Å². The van der Waals surface area contributed by atoms with E-state index in [9.17, 15) is 9.90 Å². The molecule has 3 aromatic rings.